The molecule has 0 fully saturated rings. The third-order valence-corrected chi connectivity index (χ3v) is 8.33. The summed E-state index contributed by atoms with van der Waals surface area (Å²) in [5.74, 6) is -0.779. The van der Waals surface area contributed by atoms with E-state index in [-0.39, 0.29) is 23.7 Å². The zero-order chi connectivity index (χ0) is 27.9. The van der Waals surface area contributed by atoms with E-state index in [1.165, 1.54) is 24.1 Å². The number of likely N-dealkylation sites (N-methyl/N-ethyl adjacent to an activating group) is 1. The SMILES string of the molecule is CCOc1ccccc1N(CC(=O)N(Cc1c(Cl)cccc1Cl)[C@@H](C)C(=O)NC)S(=O)(=O)c1ccccc1. The van der Waals surface area contributed by atoms with Gasteiger partial charge in [0.25, 0.3) is 10.0 Å². The molecule has 0 saturated carbocycles. The summed E-state index contributed by atoms with van der Waals surface area (Å²) >= 11 is 12.7. The van der Waals surface area contributed by atoms with Gasteiger partial charge in [-0.15, -0.1) is 0 Å². The van der Waals surface area contributed by atoms with Gasteiger partial charge in [-0.1, -0.05) is 59.6 Å². The Bertz CT molecular complexity index is 1370. The maximum absolute atomic E-state index is 13.9. The molecule has 8 nitrogen and oxygen atoms in total. The highest BCUT2D eigenvalue weighted by atomic mass is 35.5. The fraction of sp³-hybridized carbons (Fsp3) is 0.259. The van der Waals surface area contributed by atoms with Gasteiger partial charge in [-0.3, -0.25) is 13.9 Å². The van der Waals surface area contributed by atoms with Crippen LogP contribution in [0.1, 0.15) is 19.4 Å². The summed E-state index contributed by atoms with van der Waals surface area (Å²) in [6.45, 7) is 2.89. The monoisotopic (exact) mass is 577 g/mol. The molecule has 3 aromatic carbocycles. The van der Waals surface area contributed by atoms with E-state index in [2.05, 4.69) is 5.32 Å². The number of halogens is 2. The van der Waals surface area contributed by atoms with Crippen LogP contribution in [0.25, 0.3) is 0 Å². The van der Waals surface area contributed by atoms with E-state index in [1.807, 2.05) is 0 Å². The van der Waals surface area contributed by atoms with Crippen molar-refractivity contribution in [3.05, 3.63) is 88.4 Å². The molecule has 0 aliphatic carbocycles. The average Bonchev–Trinajstić information content (AvgIpc) is 2.91. The maximum Gasteiger partial charge on any atom is 0.264 e. The number of nitrogens with zero attached hydrogens (tertiary/aromatic N) is 2. The van der Waals surface area contributed by atoms with Crippen molar-refractivity contribution in [3.8, 4) is 5.75 Å². The summed E-state index contributed by atoms with van der Waals surface area (Å²) in [7, 11) is -2.76. The standard InChI is InChI=1S/C27H29Cl2N3O5S/c1-4-37-25-16-9-8-15-24(25)32(38(35,36)20-11-6-5-7-12-20)18-26(33)31(19(2)27(34)30-3)17-21-22(28)13-10-14-23(21)29/h5-16,19H,4,17-18H2,1-3H3,(H,30,34)/t19-/m0/s1. The van der Waals surface area contributed by atoms with Gasteiger partial charge >= 0.3 is 0 Å². The lowest BCUT2D eigenvalue weighted by Gasteiger charge is -2.32. The van der Waals surface area contributed by atoms with Gasteiger partial charge in [0.2, 0.25) is 11.8 Å². The van der Waals surface area contributed by atoms with Crippen LogP contribution in [0.5, 0.6) is 5.75 Å². The van der Waals surface area contributed by atoms with Crippen molar-refractivity contribution in [2.75, 3.05) is 24.5 Å². The largest absolute Gasteiger partial charge is 0.492 e. The molecule has 2 amide bonds. The highest BCUT2D eigenvalue weighted by Gasteiger charge is 2.34. The Labute approximate surface area is 233 Å². The van der Waals surface area contributed by atoms with Crippen LogP contribution in [-0.4, -0.2) is 51.4 Å². The molecule has 11 heteroatoms. The van der Waals surface area contributed by atoms with Gasteiger partial charge in [0.1, 0.15) is 18.3 Å². The third-order valence-electron chi connectivity index (χ3n) is 5.85. The summed E-state index contributed by atoms with van der Waals surface area (Å²) in [4.78, 5) is 27.7. The van der Waals surface area contributed by atoms with Crippen LogP contribution in [0.2, 0.25) is 10.0 Å². The number of ether oxygens (including phenoxy) is 1. The first-order valence-corrected chi connectivity index (χ1v) is 14.0. The quantitative estimate of drug-likeness (QED) is 0.354. The average molecular weight is 579 g/mol. The second-order valence-electron chi connectivity index (χ2n) is 8.24. The molecule has 0 bridgehead atoms. The van der Waals surface area contributed by atoms with Crippen molar-refractivity contribution in [1.29, 1.82) is 0 Å². The zero-order valence-electron chi connectivity index (χ0n) is 21.2. The third kappa shape index (κ3) is 6.59. The normalized spacial score (nSPS) is 11.9. The number of anilines is 1. The van der Waals surface area contributed by atoms with Gasteiger partial charge < -0.3 is 15.0 Å². The van der Waals surface area contributed by atoms with Crippen molar-refractivity contribution in [1.82, 2.24) is 10.2 Å². The molecule has 38 heavy (non-hydrogen) atoms. The molecule has 0 unspecified atom stereocenters. The molecular formula is C27H29Cl2N3O5S. The molecule has 0 saturated heterocycles. The Morgan fingerprint density at radius 1 is 0.947 bits per heavy atom. The number of carbonyl (C=O) groups excluding carboxylic acids is 2. The maximum atomic E-state index is 13.9. The summed E-state index contributed by atoms with van der Waals surface area (Å²) in [5, 5.41) is 3.16. The molecule has 1 atom stereocenters. The first-order valence-electron chi connectivity index (χ1n) is 11.8. The molecule has 0 radical (unpaired) electrons. The lowest BCUT2D eigenvalue weighted by atomic mass is 10.1. The fourth-order valence-electron chi connectivity index (χ4n) is 3.82. The van der Waals surface area contributed by atoms with Crippen molar-refractivity contribution < 1.29 is 22.7 Å². The molecule has 202 valence electrons. The Hall–Kier alpha value is -3.27. The van der Waals surface area contributed by atoms with Crippen LogP contribution in [0.4, 0.5) is 5.69 Å². The number of rotatable bonds is 11. The van der Waals surface area contributed by atoms with Crippen LogP contribution in [0, 0.1) is 0 Å². The Morgan fingerprint density at radius 2 is 1.55 bits per heavy atom. The predicted octanol–water partition coefficient (Wildman–Crippen LogP) is 4.75. The van der Waals surface area contributed by atoms with Crippen LogP contribution in [0.15, 0.2) is 77.7 Å². The second kappa shape index (κ2) is 13.0. The lowest BCUT2D eigenvalue weighted by molar-refractivity contribution is -0.139. The van der Waals surface area contributed by atoms with Gasteiger partial charge in [-0.05, 0) is 50.2 Å². The first kappa shape index (κ1) is 29.3. The molecule has 1 N–H and O–H groups in total. The number of hydrogen-bond donors (Lipinski definition) is 1. The Morgan fingerprint density at radius 3 is 2.16 bits per heavy atom. The summed E-state index contributed by atoms with van der Waals surface area (Å²) < 4.78 is 34.4. The minimum atomic E-state index is -4.21. The van der Waals surface area contributed by atoms with Crippen molar-refractivity contribution in [2.24, 2.45) is 0 Å². The topological polar surface area (TPSA) is 96.0 Å². The Kier molecular flexibility index (Phi) is 10.0. The highest BCUT2D eigenvalue weighted by molar-refractivity contribution is 7.92. The summed E-state index contributed by atoms with van der Waals surface area (Å²) in [6.07, 6.45) is 0. The number of amides is 2. The van der Waals surface area contributed by atoms with Crippen LogP contribution >= 0.6 is 23.2 Å². The van der Waals surface area contributed by atoms with Crippen molar-refractivity contribution in [3.63, 3.8) is 0 Å². The lowest BCUT2D eigenvalue weighted by Crippen LogP contribution is -2.50. The first-order chi connectivity index (χ1) is 18.1. The van der Waals surface area contributed by atoms with E-state index in [4.69, 9.17) is 27.9 Å². The molecular weight excluding hydrogens is 549 g/mol. The van der Waals surface area contributed by atoms with E-state index in [9.17, 15) is 18.0 Å². The van der Waals surface area contributed by atoms with Gasteiger partial charge in [0.05, 0.1) is 17.2 Å². The molecule has 0 aliphatic heterocycles. The smallest absolute Gasteiger partial charge is 0.264 e. The number of benzene rings is 3. The highest BCUT2D eigenvalue weighted by Crippen LogP contribution is 2.33. The van der Waals surface area contributed by atoms with Gasteiger partial charge in [0, 0.05) is 29.2 Å². The fourth-order valence-corrected chi connectivity index (χ4v) is 5.78. The number of para-hydroxylation sites is 2. The van der Waals surface area contributed by atoms with Crippen LogP contribution in [-0.2, 0) is 26.2 Å². The number of nitrogens with one attached hydrogen (secondary N) is 1. The predicted molar refractivity (Wildman–Crippen MR) is 149 cm³/mol. The number of sulfonamides is 1. The van der Waals surface area contributed by atoms with E-state index < -0.39 is 34.4 Å². The van der Waals surface area contributed by atoms with Gasteiger partial charge in [0.15, 0.2) is 0 Å². The van der Waals surface area contributed by atoms with E-state index in [0.717, 1.165) is 4.31 Å². The molecule has 3 rings (SSSR count). The van der Waals surface area contributed by atoms with E-state index in [0.29, 0.717) is 21.4 Å². The molecule has 0 spiro atoms. The zero-order valence-corrected chi connectivity index (χ0v) is 23.6. The molecule has 0 heterocycles. The molecule has 0 aliphatic rings. The van der Waals surface area contributed by atoms with Crippen molar-refractivity contribution in [2.45, 2.75) is 31.3 Å². The second-order valence-corrected chi connectivity index (χ2v) is 10.9. The minimum absolute atomic E-state index is 0.000787. The van der Waals surface area contributed by atoms with Gasteiger partial charge in [-0.25, -0.2) is 8.42 Å². The van der Waals surface area contributed by atoms with Crippen molar-refractivity contribution >= 4 is 50.7 Å². The van der Waals surface area contributed by atoms with Crippen LogP contribution < -0.4 is 14.4 Å². The van der Waals surface area contributed by atoms with Gasteiger partial charge in [-0.2, -0.15) is 0 Å². The summed E-state index contributed by atoms with van der Waals surface area (Å²) in [5.41, 5.74) is 0.627. The molecule has 0 aromatic heterocycles. The minimum Gasteiger partial charge on any atom is -0.492 e. The molecule has 3 aromatic rings. The van der Waals surface area contributed by atoms with Crippen LogP contribution in [0.3, 0.4) is 0 Å². The van der Waals surface area contributed by atoms with E-state index >= 15 is 0 Å². The Balaban J connectivity index is 2.11. The summed E-state index contributed by atoms with van der Waals surface area (Å²) in [6, 6.07) is 18.3. The number of carbonyl (C=O) groups is 2. The number of hydrogen-bond acceptors (Lipinski definition) is 5. The van der Waals surface area contributed by atoms with E-state index in [1.54, 1.807) is 74.5 Å².